The molecule has 1 aromatic carbocycles. The molecule has 4 heterocycles. The SMILES string of the molecule is CS(=O)(=O)Oc1cccc(Cl)c1C1CC(c2csc(C3CCN(C(=O)CSc4ccc(C(F)(F)F)nn4)CC3)n2)=NO1. The number of halogens is 4. The number of nitrogens with zero attached hydrogens (tertiary/aromatic N) is 5. The van der Waals surface area contributed by atoms with Gasteiger partial charge in [-0.1, -0.05) is 34.6 Å². The first-order valence-electron chi connectivity index (χ1n) is 12.6. The Morgan fingerprint density at radius 3 is 2.64 bits per heavy atom. The minimum absolute atomic E-state index is 0.0511. The number of hydrogen-bond acceptors (Lipinski definition) is 11. The van der Waals surface area contributed by atoms with E-state index in [1.165, 1.54) is 23.5 Å². The van der Waals surface area contributed by atoms with E-state index in [0.717, 1.165) is 29.1 Å². The Morgan fingerprint density at radius 1 is 1.21 bits per heavy atom. The van der Waals surface area contributed by atoms with Crippen LogP contribution in [-0.2, 0) is 25.9 Å². The Morgan fingerprint density at radius 2 is 1.98 bits per heavy atom. The summed E-state index contributed by atoms with van der Waals surface area (Å²) in [5.41, 5.74) is 0.567. The summed E-state index contributed by atoms with van der Waals surface area (Å²) in [5.74, 6) is 0.160. The summed E-state index contributed by atoms with van der Waals surface area (Å²) < 4.78 is 66.5. The lowest BCUT2D eigenvalue weighted by atomic mass is 9.97. The predicted molar refractivity (Wildman–Crippen MR) is 150 cm³/mol. The Kier molecular flexibility index (Phi) is 8.97. The highest BCUT2D eigenvalue weighted by molar-refractivity contribution is 7.99. The molecule has 2 aromatic heterocycles. The largest absolute Gasteiger partial charge is 0.435 e. The summed E-state index contributed by atoms with van der Waals surface area (Å²) in [7, 11) is -3.78. The molecule has 0 saturated carbocycles. The molecule has 1 atom stereocenters. The van der Waals surface area contributed by atoms with Crippen molar-refractivity contribution in [1.29, 1.82) is 0 Å². The Hall–Kier alpha value is -2.95. The van der Waals surface area contributed by atoms with Gasteiger partial charge in [-0.15, -0.1) is 21.5 Å². The molecule has 1 unspecified atom stereocenters. The van der Waals surface area contributed by atoms with Gasteiger partial charge >= 0.3 is 16.3 Å². The third-order valence-electron chi connectivity index (χ3n) is 6.53. The fraction of sp³-hybridized carbons (Fsp3) is 0.400. The van der Waals surface area contributed by atoms with Gasteiger partial charge in [-0.05, 0) is 37.1 Å². The molecule has 224 valence electrons. The highest BCUT2D eigenvalue weighted by Crippen LogP contribution is 2.40. The van der Waals surface area contributed by atoms with Crippen molar-refractivity contribution in [3.05, 3.63) is 62.7 Å². The van der Waals surface area contributed by atoms with Crippen LogP contribution in [0.3, 0.4) is 0 Å². The van der Waals surface area contributed by atoms with Gasteiger partial charge in [0.25, 0.3) is 0 Å². The molecule has 42 heavy (non-hydrogen) atoms. The first-order chi connectivity index (χ1) is 19.9. The third kappa shape index (κ3) is 7.33. The smallest absolute Gasteiger partial charge is 0.387 e. The van der Waals surface area contributed by atoms with Crippen molar-refractivity contribution in [3.63, 3.8) is 0 Å². The number of rotatable bonds is 8. The number of thioether (sulfide) groups is 1. The maximum atomic E-state index is 12.7. The van der Waals surface area contributed by atoms with Gasteiger partial charge in [-0.3, -0.25) is 4.79 Å². The van der Waals surface area contributed by atoms with Gasteiger partial charge in [-0.25, -0.2) is 4.98 Å². The number of carbonyl (C=O) groups is 1. The number of thiazole rings is 1. The second-order valence-electron chi connectivity index (χ2n) is 9.54. The van der Waals surface area contributed by atoms with E-state index in [1.54, 1.807) is 17.0 Å². The Balaban J connectivity index is 1.14. The molecule has 2 aliphatic heterocycles. The van der Waals surface area contributed by atoms with Gasteiger partial charge in [0, 0.05) is 30.8 Å². The molecule has 0 radical (unpaired) electrons. The number of alkyl halides is 3. The lowest BCUT2D eigenvalue weighted by molar-refractivity contribution is -0.141. The fourth-order valence-electron chi connectivity index (χ4n) is 4.51. The van der Waals surface area contributed by atoms with E-state index in [4.69, 9.17) is 25.6 Å². The van der Waals surface area contributed by atoms with Crippen LogP contribution in [0.1, 0.15) is 53.2 Å². The number of amides is 1. The van der Waals surface area contributed by atoms with Gasteiger partial charge in [0.1, 0.15) is 10.7 Å². The zero-order chi connectivity index (χ0) is 30.1. The lowest BCUT2D eigenvalue weighted by Gasteiger charge is -2.31. The second kappa shape index (κ2) is 12.3. The van der Waals surface area contributed by atoms with Gasteiger partial charge < -0.3 is 13.9 Å². The second-order valence-corrected chi connectivity index (χ2v) is 13.4. The van der Waals surface area contributed by atoms with Crippen LogP contribution in [0, 0.1) is 0 Å². The van der Waals surface area contributed by atoms with Crippen LogP contribution in [0.2, 0.25) is 5.02 Å². The molecular formula is C25H23ClF3N5O5S3. The van der Waals surface area contributed by atoms with Crippen molar-refractivity contribution >= 4 is 56.4 Å². The van der Waals surface area contributed by atoms with E-state index < -0.39 is 28.1 Å². The van der Waals surface area contributed by atoms with Crippen LogP contribution in [0.25, 0.3) is 0 Å². The molecule has 0 aliphatic carbocycles. The topological polar surface area (TPSA) is 124 Å². The molecule has 1 amide bonds. The highest BCUT2D eigenvalue weighted by Gasteiger charge is 2.34. The highest BCUT2D eigenvalue weighted by atomic mass is 35.5. The molecule has 10 nitrogen and oxygen atoms in total. The van der Waals surface area contributed by atoms with Crippen molar-refractivity contribution < 1.29 is 35.4 Å². The number of likely N-dealkylation sites (tertiary alicyclic amines) is 1. The minimum atomic E-state index is -4.56. The average Bonchev–Trinajstić information content (AvgIpc) is 3.61. The summed E-state index contributed by atoms with van der Waals surface area (Å²) in [5, 5.41) is 14.2. The monoisotopic (exact) mass is 661 g/mol. The van der Waals surface area contributed by atoms with Crippen molar-refractivity contribution in [1.82, 2.24) is 20.1 Å². The number of oxime groups is 1. The van der Waals surface area contributed by atoms with E-state index in [9.17, 15) is 26.4 Å². The van der Waals surface area contributed by atoms with Crippen LogP contribution >= 0.6 is 34.7 Å². The van der Waals surface area contributed by atoms with Gasteiger partial charge in [0.15, 0.2) is 17.5 Å². The summed E-state index contributed by atoms with van der Waals surface area (Å²) >= 11 is 8.89. The minimum Gasteiger partial charge on any atom is -0.387 e. The van der Waals surface area contributed by atoms with Crippen molar-refractivity contribution in [2.24, 2.45) is 5.16 Å². The third-order valence-corrected chi connectivity index (χ3v) is 9.26. The molecule has 17 heteroatoms. The molecule has 0 bridgehead atoms. The zero-order valence-electron chi connectivity index (χ0n) is 21.9. The van der Waals surface area contributed by atoms with Crippen LogP contribution in [0.15, 0.2) is 45.9 Å². The zero-order valence-corrected chi connectivity index (χ0v) is 25.1. The van der Waals surface area contributed by atoms with Crippen LogP contribution < -0.4 is 4.18 Å². The fourth-order valence-corrected chi connectivity index (χ4v) is 6.98. The summed E-state index contributed by atoms with van der Waals surface area (Å²) in [4.78, 5) is 24.8. The van der Waals surface area contributed by atoms with Crippen molar-refractivity contribution in [3.8, 4) is 5.75 Å². The molecule has 1 fully saturated rings. The molecule has 0 spiro atoms. The predicted octanol–water partition coefficient (Wildman–Crippen LogP) is 5.31. The first kappa shape index (κ1) is 30.5. The summed E-state index contributed by atoms with van der Waals surface area (Å²) in [6.07, 6.45) is -2.52. The number of aromatic nitrogens is 3. The van der Waals surface area contributed by atoms with Crippen LogP contribution in [0.4, 0.5) is 13.2 Å². The van der Waals surface area contributed by atoms with E-state index in [1.807, 2.05) is 5.38 Å². The number of hydrogen-bond donors (Lipinski definition) is 0. The number of piperidine rings is 1. The van der Waals surface area contributed by atoms with E-state index in [2.05, 4.69) is 15.4 Å². The molecule has 2 aliphatic rings. The maximum absolute atomic E-state index is 12.7. The van der Waals surface area contributed by atoms with Crippen LogP contribution in [0.5, 0.6) is 5.75 Å². The standard InChI is InChI=1S/C25H23ClF3N5O5S3/c1-42(36,37)39-18-4-2-3-15(26)23(18)19-11-16(33-38-19)17-12-41-24(30-17)14-7-9-34(10-8-14)22(35)13-40-21-6-5-20(31-32-21)25(27,28)29/h2-6,12,14,19H,7-11,13H2,1H3. The summed E-state index contributed by atoms with van der Waals surface area (Å²) in [6, 6.07) is 6.76. The maximum Gasteiger partial charge on any atom is 0.435 e. The van der Waals surface area contributed by atoms with E-state index >= 15 is 0 Å². The molecule has 3 aromatic rings. The number of carbonyl (C=O) groups excluding carboxylic acids is 1. The molecule has 1 saturated heterocycles. The van der Waals surface area contributed by atoms with Crippen molar-refractivity contribution in [2.75, 3.05) is 25.1 Å². The molecular weight excluding hydrogens is 639 g/mol. The van der Waals surface area contributed by atoms with Gasteiger partial charge in [-0.2, -0.15) is 21.6 Å². The molecule has 5 rings (SSSR count). The average molecular weight is 662 g/mol. The van der Waals surface area contributed by atoms with Crippen LogP contribution in [-0.4, -0.2) is 65.2 Å². The summed E-state index contributed by atoms with van der Waals surface area (Å²) in [6.45, 7) is 1.05. The number of benzene rings is 1. The Labute approximate surface area is 252 Å². The molecule has 0 N–H and O–H groups in total. The van der Waals surface area contributed by atoms with Gasteiger partial charge in [0.2, 0.25) is 5.91 Å². The first-order valence-corrected chi connectivity index (χ1v) is 16.6. The van der Waals surface area contributed by atoms with E-state index in [-0.39, 0.29) is 28.4 Å². The van der Waals surface area contributed by atoms with Crippen molar-refractivity contribution in [2.45, 2.75) is 42.5 Å². The van der Waals surface area contributed by atoms with Gasteiger partial charge in [0.05, 0.1) is 33.3 Å². The van der Waals surface area contributed by atoms with E-state index in [0.29, 0.717) is 54.3 Å². The Bertz CT molecular complexity index is 1590. The lowest BCUT2D eigenvalue weighted by Crippen LogP contribution is -2.38. The normalized spacial score (nSPS) is 18.1. The quantitative estimate of drug-likeness (QED) is 0.233.